The minimum Gasteiger partial charge on any atom is -0.483 e. The first-order valence-corrected chi connectivity index (χ1v) is 15.0. The lowest BCUT2D eigenvalue weighted by molar-refractivity contribution is -0.139. The summed E-state index contributed by atoms with van der Waals surface area (Å²) in [6, 6.07) is 13.9. The molecule has 1 saturated heterocycles. The van der Waals surface area contributed by atoms with Gasteiger partial charge in [-0.25, -0.2) is 0 Å². The average molecular weight is 557 g/mol. The maximum Gasteiger partial charge on any atom is 0.308 e. The van der Waals surface area contributed by atoms with E-state index < -0.39 is 0 Å². The van der Waals surface area contributed by atoms with E-state index in [0.717, 1.165) is 37.8 Å². The molecule has 2 heterocycles. The number of ether oxygens (including phenoxy) is 2. The van der Waals surface area contributed by atoms with Crippen LogP contribution in [0.25, 0.3) is 6.08 Å². The highest BCUT2D eigenvalue weighted by Crippen LogP contribution is 2.64. The Balaban J connectivity index is 1.42. The molecule has 0 radical (unpaired) electrons. The fourth-order valence-corrected chi connectivity index (χ4v) is 8.23. The van der Waals surface area contributed by atoms with Crippen molar-refractivity contribution in [3.63, 3.8) is 0 Å². The van der Waals surface area contributed by atoms with E-state index >= 15 is 0 Å². The summed E-state index contributed by atoms with van der Waals surface area (Å²) in [6.45, 7) is 9.26. The molecule has 2 bridgehead atoms. The van der Waals surface area contributed by atoms with Gasteiger partial charge in [0.05, 0.1) is 12.6 Å². The molecule has 1 amide bonds. The second kappa shape index (κ2) is 10.8. The largest absolute Gasteiger partial charge is 0.483 e. The average Bonchev–Trinajstić information content (AvgIpc) is 3.28. The Morgan fingerprint density at radius 2 is 1.90 bits per heavy atom. The standard InChI is InChI=1S/C34H40N2O5/c1-21(2)19-36(30(39)15-10-24-8-6-5-7-9-24)27-13-12-26-28-18-25-11-14-29(40-23(4)38)32-31(25)34(26,33(27)41-32)16-17-35(28)20-22(3)37/h5-11,14-15,21,26-28,33H,12-13,16-20H2,1-4H3/t26-,27-,28+,33-,34-/m0/s1. The van der Waals surface area contributed by atoms with Gasteiger partial charge < -0.3 is 14.4 Å². The summed E-state index contributed by atoms with van der Waals surface area (Å²) in [5, 5.41) is 0. The van der Waals surface area contributed by atoms with Crippen LogP contribution in [0.15, 0.2) is 48.5 Å². The molecule has 7 nitrogen and oxygen atoms in total. The third-order valence-corrected chi connectivity index (χ3v) is 9.53. The monoisotopic (exact) mass is 556 g/mol. The Morgan fingerprint density at radius 3 is 2.61 bits per heavy atom. The lowest BCUT2D eigenvalue weighted by Crippen LogP contribution is -2.69. The van der Waals surface area contributed by atoms with Crippen LogP contribution in [0.1, 0.15) is 63.6 Å². The zero-order valence-electron chi connectivity index (χ0n) is 24.5. The van der Waals surface area contributed by atoms with Crippen LogP contribution in [0.4, 0.5) is 0 Å². The van der Waals surface area contributed by atoms with E-state index in [1.54, 1.807) is 13.0 Å². The van der Waals surface area contributed by atoms with Crippen molar-refractivity contribution in [2.45, 2.75) is 77.0 Å². The zero-order chi connectivity index (χ0) is 28.9. The van der Waals surface area contributed by atoms with Gasteiger partial charge in [0.25, 0.3) is 0 Å². The normalized spacial score (nSPS) is 27.8. The van der Waals surface area contributed by atoms with E-state index in [2.05, 4.69) is 24.8 Å². The lowest BCUT2D eigenvalue weighted by Gasteiger charge is -2.60. The second-order valence-corrected chi connectivity index (χ2v) is 12.7. The van der Waals surface area contributed by atoms with Gasteiger partial charge in [0.2, 0.25) is 5.91 Å². The molecule has 4 aliphatic rings. The SMILES string of the molecule is CC(=O)CN1CC[C@]23c4c5ccc(OC(C)=O)c4O[C@H]2[C@@H](N(CC(C)C)C(=O)C=Cc2ccccc2)CC[C@H]3[C@H]1C5. The third-order valence-electron chi connectivity index (χ3n) is 9.53. The fourth-order valence-electron chi connectivity index (χ4n) is 8.23. The van der Waals surface area contributed by atoms with Crippen molar-refractivity contribution in [2.24, 2.45) is 11.8 Å². The molecule has 0 aromatic heterocycles. The Labute approximate surface area is 242 Å². The quantitative estimate of drug-likeness (QED) is 0.264. The number of benzene rings is 2. The minimum atomic E-state index is -0.377. The van der Waals surface area contributed by atoms with E-state index in [4.69, 9.17) is 9.47 Å². The Hall–Kier alpha value is -3.45. The Bertz CT molecular complexity index is 1380. The molecule has 7 heteroatoms. The van der Waals surface area contributed by atoms with Crippen LogP contribution in [0.5, 0.6) is 11.5 Å². The topological polar surface area (TPSA) is 76.2 Å². The van der Waals surface area contributed by atoms with Crippen molar-refractivity contribution in [3.8, 4) is 11.5 Å². The molecule has 2 aromatic carbocycles. The lowest BCUT2D eigenvalue weighted by atomic mass is 9.51. The molecule has 1 spiro atoms. The molecule has 2 aliphatic heterocycles. The van der Waals surface area contributed by atoms with Crippen LogP contribution >= 0.6 is 0 Å². The number of piperidine rings is 1. The van der Waals surface area contributed by atoms with Gasteiger partial charge in [0.1, 0.15) is 11.9 Å². The first kappa shape index (κ1) is 27.7. The van der Waals surface area contributed by atoms with Crippen LogP contribution in [0.3, 0.4) is 0 Å². The summed E-state index contributed by atoms with van der Waals surface area (Å²) in [5.41, 5.74) is 3.07. The number of hydrogen-bond acceptors (Lipinski definition) is 6. The third kappa shape index (κ3) is 4.78. The molecule has 216 valence electrons. The number of carbonyl (C=O) groups is 3. The van der Waals surface area contributed by atoms with Gasteiger partial charge in [-0.3, -0.25) is 19.3 Å². The van der Waals surface area contributed by atoms with Crippen molar-refractivity contribution in [2.75, 3.05) is 19.6 Å². The molecule has 2 fully saturated rings. The molecule has 2 aromatic rings. The summed E-state index contributed by atoms with van der Waals surface area (Å²) in [6.07, 6.45) is 6.79. The molecular formula is C34H40N2O5. The Morgan fingerprint density at radius 1 is 1.12 bits per heavy atom. The highest BCUT2D eigenvalue weighted by molar-refractivity contribution is 5.92. The molecule has 5 atom stereocenters. The number of likely N-dealkylation sites (tertiary alicyclic amines) is 1. The van der Waals surface area contributed by atoms with Crippen molar-refractivity contribution in [3.05, 3.63) is 65.2 Å². The molecule has 0 N–H and O–H groups in total. The number of ketones is 1. The highest BCUT2D eigenvalue weighted by Gasteiger charge is 2.66. The Kier molecular flexibility index (Phi) is 7.26. The van der Waals surface area contributed by atoms with Crippen LogP contribution in [0.2, 0.25) is 0 Å². The van der Waals surface area contributed by atoms with Gasteiger partial charge >= 0.3 is 5.97 Å². The van der Waals surface area contributed by atoms with Gasteiger partial charge in [0, 0.05) is 36.6 Å². The molecule has 0 unspecified atom stereocenters. The first-order chi connectivity index (χ1) is 19.7. The van der Waals surface area contributed by atoms with E-state index in [-0.39, 0.29) is 47.2 Å². The van der Waals surface area contributed by atoms with Crippen molar-refractivity contribution in [1.82, 2.24) is 9.80 Å². The number of Topliss-reactive ketones (excluding diaryl/α,β-unsaturated/α-hetero) is 1. The van der Waals surface area contributed by atoms with E-state index in [0.29, 0.717) is 30.5 Å². The van der Waals surface area contributed by atoms with Gasteiger partial charge in [-0.1, -0.05) is 50.2 Å². The number of nitrogens with zero attached hydrogens (tertiary/aromatic N) is 2. The zero-order valence-corrected chi connectivity index (χ0v) is 24.5. The molecule has 1 saturated carbocycles. The van der Waals surface area contributed by atoms with Crippen molar-refractivity contribution in [1.29, 1.82) is 0 Å². The second-order valence-electron chi connectivity index (χ2n) is 12.7. The van der Waals surface area contributed by atoms with Crippen LogP contribution in [-0.2, 0) is 26.2 Å². The predicted molar refractivity (Wildman–Crippen MR) is 157 cm³/mol. The van der Waals surface area contributed by atoms with Crippen LogP contribution in [-0.4, -0.2) is 65.3 Å². The van der Waals surface area contributed by atoms with E-state index in [1.807, 2.05) is 47.4 Å². The summed E-state index contributed by atoms with van der Waals surface area (Å²) >= 11 is 0. The summed E-state index contributed by atoms with van der Waals surface area (Å²) in [5.74, 6) is 1.52. The summed E-state index contributed by atoms with van der Waals surface area (Å²) in [7, 11) is 0. The van der Waals surface area contributed by atoms with Crippen molar-refractivity contribution >= 4 is 23.7 Å². The van der Waals surface area contributed by atoms with E-state index in [1.165, 1.54) is 18.1 Å². The van der Waals surface area contributed by atoms with Crippen LogP contribution in [0, 0.1) is 11.8 Å². The predicted octanol–water partition coefficient (Wildman–Crippen LogP) is 4.81. The highest BCUT2D eigenvalue weighted by atomic mass is 16.6. The molecule has 6 rings (SSSR count). The molecular weight excluding hydrogens is 516 g/mol. The number of esters is 1. The maximum absolute atomic E-state index is 13.9. The van der Waals surface area contributed by atoms with Gasteiger partial charge in [-0.15, -0.1) is 0 Å². The number of rotatable bonds is 8. The van der Waals surface area contributed by atoms with Gasteiger partial charge in [0.15, 0.2) is 11.5 Å². The molecule has 41 heavy (non-hydrogen) atoms. The smallest absolute Gasteiger partial charge is 0.308 e. The number of amides is 1. The molecule has 2 aliphatic carbocycles. The van der Waals surface area contributed by atoms with Crippen molar-refractivity contribution < 1.29 is 23.9 Å². The van der Waals surface area contributed by atoms with Gasteiger partial charge in [-0.05, 0) is 74.3 Å². The number of hydrogen-bond donors (Lipinski definition) is 0. The van der Waals surface area contributed by atoms with Crippen LogP contribution < -0.4 is 9.47 Å². The number of carbonyl (C=O) groups excluding carboxylic acids is 3. The van der Waals surface area contributed by atoms with E-state index in [9.17, 15) is 14.4 Å². The maximum atomic E-state index is 13.9. The first-order valence-electron chi connectivity index (χ1n) is 15.0. The fraction of sp³-hybridized carbons (Fsp3) is 0.500. The summed E-state index contributed by atoms with van der Waals surface area (Å²) < 4.78 is 12.6. The minimum absolute atomic E-state index is 0.0104. The summed E-state index contributed by atoms with van der Waals surface area (Å²) in [4.78, 5) is 42.6. The van der Waals surface area contributed by atoms with Gasteiger partial charge in [-0.2, -0.15) is 0 Å².